The summed E-state index contributed by atoms with van der Waals surface area (Å²) in [6.45, 7) is 5.22. The Bertz CT molecular complexity index is 1260. The summed E-state index contributed by atoms with van der Waals surface area (Å²) in [7, 11) is 0. The first-order chi connectivity index (χ1) is 16.7. The van der Waals surface area contributed by atoms with E-state index in [-0.39, 0.29) is 6.42 Å². The van der Waals surface area contributed by atoms with Crippen molar-refractivity contribution < 1.29 is 19.5 Å². The normalized spacial score (nSPS) is 24.0. The van der Waals surface area contributed by atoms with Crippen molar-refractivity contribution in [3.05, 3.63) is 89.7 Å². The Morgan fingerprint density at radius 3 is 1.94 bits per heavy atom. The van der Waals surface area contributed by atoms with E-state index in [1.807, 2.05) is 44.2 Å². The van der Waals surface area contributed by atoms with Crippen molar-refractivity contribution in [2.75, 3.05) is 10.6 Å². The molecule has 0 bridgehead atoms. The van der Waals surface area contributed by atoms with Crippen LogP contribution in [0, 0.1) is 25.7 Å². The van der Waals surface area contributed by atoms with Crippen molar-refractivity contribution in [2.24, 2.45) is 11.8 Å². The molecule has 0 spiro atoms. The zero-order chi connectivity index (χ0) is 25.2. The van der Waals surface area contributed by atoms with Crippen LogP contribution in [0.15, 0.2) is 73.1 Å². The lowest BCUT2D eigenvalue weighted by atomic mass is 9.61. The van der Waals surface area contributed by atoms with E-state index in [9.17, 15) is 19.5 Å². The van der Waals surface area contributed by atoms with Crippen LogP contribution >= 0.6 is 0 Å². The second kappa shape index (κ2) is 9.80. The number of para-hydroxylation sites is 2. The summed E-state index contributed by atoms with van der Waals surface area (Å²) in [5, 5.41) is 17.1. The van der Waals surface area contributed by atoms with Gasteiger partial charge in [0, 0.05) is 36.1 Å². The van der Waals surface area contributed by atoms with Gasteiger partial charge in [0.15, 0.2) is 0 Å². The highest BCUT2D eigenvalue weighted by Gasteiger charge is 2.55. The Kier molecular flexibility index (Phi) is 6.80. The van der Waals surface area contributed by atoms with E-state index in [2.05, 4.69) is 15.6 Å². The number of pyridine rings is 1. The highest BCUT2D eigenvalue weighted by Crippen LogP contribution is 2.46. The molecule has 0 radical (unpaired) electrons. The highest BCUT2D eigenvalue weighted by molar-refractivity contribution is 6.10. The van der Waals surface area contributed by atoms with Crippen LogP contribution in [0.25, 0.3) is 0 Å². The third kappa shape index (κ3) is 5.00. The van der Waals surface area contributed by atoms with E-state index in [1.54, 1.807) is 42.7 Å². The lowest BCUT2D eigenvalue weighted by Crippen LogP contribution is -2.56. The van der Waals surface area contributed by atoms with Crippen LogP contribution in [-0.2, 0) is 14.4 Å². The zero-order valence-corrected chi connectivity index (χ0v) is 20.0. The molecule has 0 saturated heterocycles. The van der Waals surface area contributed by atoms with Crippen LogP contribution in [0.2, 0.25) is 0 Å². The van der Waals surface area contributed by atoms with Crippen LogP contribution < -0.4 is 10.6 Å². The standard InChI is InChI=1S/C28H29N3O4/c1-17-8-4-6-10-20(17)30-26(33)24-22(32)16-28(3,35)25(23(24)19-12-14-29-15-13-19)27(34)31-21-11-7-5-9-18(21)2/h4-15,23-25,35H,16H2,1-3H3,(H,30,33)(H,31,34)/t23-,24+,25-,28-/m0/s1. The highest BCUT2D eigenvalue weighted by atomic mass is 16.3. The molecule has 1 aliphatic carbocycles. The van der Waals surface area contributed by atoms with Crippen LogP contribution in [0.3, 0.4) is 0 Å². The van der Waals surface area contributed by atoms with Gasteiger partial charge in [-0.3, -0.25) is 19.4 Å². The topological polar surface area (TPSA) is 108 Å². The minimum atomic E-state index is -1.66. The number of aryl methyl sites for hydroxylation is 2. The molecule has 3 aromatic rings. The summed E-state index contributed by atoms with van der Waals surface area (Å²) >= 11 is 0. The fourth-order valence-corrected chi connectivity index (χ4v) is 4.92. The second-order valence-corrected chi connectivity index (χ2v) is 9.37. The summed E-state index contributed by atoms with van der Waals surface area (Å²) in [6, 6.07) is 18.0. The number of ketones is 1. The molecule has 1 saturated carbocycles. The van der Waals surface area contributed by atoms with Crippen LogP contribution in [-0.4, -0.2) is 33.3 Å². The Morgan fingerprint density at radius 1 is 0.886 bits per heavy atom. The third-order valence-corrected chi connectivity index (χ3v) is 6.73. The summed E-state index contributed by atoms with van der Waals surface area (Å²) in [6.07, 6.45) is 2.79. The number of nitrogens with one attached hydrogen (secondary N) is 2. The first kappa shape index (κ1) is 24.3. The van der Waals surface area contributed by atoms with Crippen LogP contribution in [0.1, 0.15) is 36.0 Å². The van der Waals surface area contributed by atoms with Gasteiger partial charge in [-0.2, -0.15) is 0 Å². The fraction of sp³-hybridized carbons (Fsp3) is 0.286. The van der Waals surface area contributed by atoms with Crippen molar-refractivity contribution in [1.82, 2.24) is 4.98 Å². The number of carbonyl (C=O) groups is 3. The van der Waals surface area contributed by atoms with Gasteiger partial charge in [-0.15, -0.1) is 0 Å². The molecular weight excluding hydrogens is 442 g/mol. The molecule has 1 aromatic heterocycles. The van der Waals surface area contributed by atoms with E-state index < -0.39 is 41.0 Å². The number of aliphatic hydroxyl groups is 1. The van der Waals surface area contributed by atoms with E-state index in [1.165, 1.54) is 6.92 Å². The SMILES string of the molecule is Cc1ccccc1NC(=O)[C@@H]1C(=O)C[C@](C)(O)[C@H](C(=O)Nc2ccccc2C)[C@H]1c1ccncc1. The first-order valence-electron chi connectivity index (χ1n) is 11.6. The van der Waals surface area contributed by atoms with Crippen molar-refractivity contribution in [1.29, 1.82) is 0 Å². The number of hydrogen-bond donors (Lipinski definition) is 3. The first-order valence-corrected chi connectivity index (χ1v) is 11.6. The van der Waals surface area contributed by atoms with Crippen molar-refractivity contribution in [2.45, 2.75) is 38.7 Å². The van der Waals surface area contributed by atoms with E-state index in [0.717, 1.165) is 11.1 Å². The fourth-order valence-electron chi connectivity index (χ4n) is 4.92. The number of benzene rings is 2. The molecule has 0 aliphatic heterocycles. The average Bonchev–Trinajstić information content (AvgIpc) is 2.81. The molecular formula is C28H29N3O4. The summed E-state index contributed by atoms with van der Waals surface area (Å²) in [5.74, 6) is -4.48. The lowest BCUT2D eigenvalue weighted by Gasteiger charge is -2.44. The largest absolute Gasteiger partial charge is 0.389 e. The maximum atomic E-state index is 13.7. The summed E-state index contributed by atoms with van der Waals surface area (Å²) < 4.78 is 0. The maximum Gasteiger partial charge on any atom is 0.235 e. The predicted molar refractivity (Wildman–Crippen MR) is 134 cm³/mol. The molecule has 35 heavy (non-hydrogen) atoms. The molecule has 7 nitrogen and oxygen atoms in total. The number of Topliss-reactive ketones (excluding diaryl/α,β-unsaturated/α-hetero) is 1. The summed E-state index contributed by atoms with van der Waals surface area (Å²) in [5.41, 5.74) is 1.85. The molecule has 180 valence electrons. The quantitative estimate of drug-likeness (QED) is 0.487. The monoisotopic (exact) mass is 471 g/mol. The molecule has 1 fully saturated rings. The third-order valence-electron chi connectivity index (χ3n) is 6.73. The van der Waals surface area contributed by atoms with Gasteiger partial charge in [0.05, 0.1) is 11.5 Å². The zero-order valence-electron chi connectivity index (χ0n) is 20.0. The lowest BCUT2D eigenvalue weighted by molar-refractivity contribution is -0.150. The minimum Gasteiger partial charge on any atom is -0.389 e. The van der Waals surface area contributed by atoms with Crippen molar-refractivity contribution in [3.8, 4) is 0 Å². The number of hydrogen-bond acceptors (Lipinski definition) is 5. The van der Waals surface area contributed by atoms with Gasteiger partial charge in [-0.1, -0.05) is 36.4 Å². The number of amides is 2. The van der Waals surface area contributed by atoms with Gasteiger partial charge in [-0.05, 0) is 61.7 Å². The predicted octanol–water partition coefficient (Wildman–Crippen LogP) is 4.02. The van der Waals surface area contributed by atoms with Crippen LogP contribution in [0.4, 0.5) is 11.4 Å². The van der Waals surface area contributed by atoms with Gasteiger partial charge < -0.3 is 15.7 Å². The number of aromatic nitrogens is 1. The maximum absolute atomic E-state index is 13.7. The Hall–Kier alpha value is -3.84. The number of rotatable bonds is 5. The van der Waals surface area contributed by atoms with Gasteiger partial charge in [-0.25, -0.2) is 0 Å². The van der Waals surface area contributed by atoms with E-state index >= 15 is 0 Å². The number of nitrogens with zero attached hydrogens (tertiary/aromatic N) is 1. The Labute approximate surface area is 204 Å². The molecule has 7 heteroatoms. The molecule has 4 rings (SSSR count). The van der Waals surface area contributed by atoms with Gasteiger partial charge >= 0.3 is 0 Å². The average molecular weight is 472 g/mol. The Morgan fingerprint density at radius 2 is 1.40 bits per heavy atom. The molecule has 1 heterocycles. The summed E-state index contributed by atoms with van der Waals surface area (Å²) in [4.78, 5) is 44.6. The van der Waals surface area contributed by atoms with Gasteiger partial charge in [0.1, 0.15) is 11.7 Å². The minimum absolute atomic E-state index is 0.313. The molecule has 3 N–H and O–H groups in total. The van der Waals surface area contributed by atoms with Gasteiger partial charge in [0.25, 0.3) is 0 Å². The molecule has 4 atom stereocenters. The Balaban J connectivity index is 1.76. The van der Waals surface area contributed by atoms with Crippen molar-refractivity contribution >= 4 is 29.0 Å². The molecule has 2 amide bonds. The van der Waals surface area contributed by atoms with Gasteiger partial charge in [0.2, 0.25) is 11.8 Å². The van der Waals surface area contributed by atoms with Crippen LogP contribution in [0.5, 0.6) is 0 Å². The van der Waals surface area contributed by atoms with E-state index in [0.29, 0.717) is 16.9 Å². The molecule has 0 unspecified atom stereocenters. The number of anilines is 2. The smallest absolute Gasteiger partial charge is 0.235 e. The number of carbonyl (C=O) groups excluding carboxylic acids is 3. The van der Waals surface area contributed by atoms with E-state index in [4.69, 9.17) is 0 Å². The second-order valence-electron chi connectivity index (χ2n) is 9.37. The molecule has 1 aliphatic rings. The molecule has 2 aromatic carbocycles. The van der Waals surface area contributed by atoms with Crippen molar-refractivity contribution in [3.63, 3.8) is 0 Å².